The lowest BCUT2D eigenvalue weighted by atomic mass is 9.98. The molecule has 0 aliphatic heterocycles. The number of nitriles is 1. The summed E-state index contributed by atoms with van der Waals surface area (Å²) in [5, 5.41) is 12.2. The molecule has 1 fully saturated rings. The molecular formula is C19H21N3O2S. The van der Waals surface area contributed by atoms with Gasteiger partial charge in [-0.1, -0.05) is 31.4 Å². The summed E-state index contributed by atoms with van der Waals surface area (Å²) in [6.07, 6.45) is 8.50. The standard InChI is InChI=1S/C19H21N3O2S/c20-11-15-8-6-14(7-9-15)10-17-12-21-19(25-17)22-18(23)13-24-16-4-2-1-3-5-16/h6-9,12,16H,1-5,10,13H2,(H,21,22,23). The van der Waals surface area contributed by atoms with Crippen LogP contribution in [0.4, 0.5) is 5.13 Å². The first-order valence-corrected chi connectivity index (χ1v) is 9.40. The highest BCUT2D eigenvalue weighted by Gasteiger charge is 2.15. The van der Waals surface area contributed by atoms with Crippen LogP contribution in [0.3, 0.4) is 0 Å². The summed E-state index contributed by atoms with van der Waals surface area (Å²) in [6, 6.07) is 9.60. The van der Waals surface area contributed by atoms with Crippen LogP contribution in [-0.4, -0.2) is 23.6 Å². The van der Waals surface area contributed by atoms with Crippen molar-refractivity contribution in [3.63, 3.8) is 0 Å². The van der Waals surface area contributed by atoms with Crippen molar-refractivity contribution in [1.82, 2.24) is 4.98 Å². The number of amides is 1. The number of carbonyl (C=O) groups is 1. The van der Waals surface area contributed by atoms with Crippen molar-refractivity contribution in [3.05, 3.63) is 46.5 Å². The molecule has 0 radical (unpaired) electrons. The highest BCUT2D eigenvalue weighted by molar-refractivity contribution is 7.15. The number of rotatable bonds is 6. The molecule has 5 nitrogen and oxygen atoms in total. The van der Waals surface area contributed by atoms with Gasteiger partial charge < -0.3 is 4.74 Å². The maximum atomic E-state index is 12.0. The molecule has 1 aliphatic rings. The first kappa shape index (κ1) is 17.6. The number of hydrogen-bond acceptors (Lipinski definition) is 5. The number of anilines is 1. The van der Waals surface area contributed by atoms with Gasteiger partial charge in [0.15, 0.2) is 5.13 Å². The van der Waals surface area contributed by atoms with E-state index in [-0.39, 0.29) is 18.6 Å². The molecule has 1 saturated carbocycles. The lowest BCUT2D eigenvalue weighted by molar-refractivity contribution is -0.123. The molecule has 1 aromatic heterocycles. The van der Waals surface area contributed by atoms with Gasteiger partial charge >= 0.3 is 0 Å². The molecular weight excluding hydrogens is 334 g/mol. The molecule has 0 atom stereocenters. The van der Waals surface area contributed by atoms with Crippen molar-refractivity contribution in [1.29, 1.82) is 5.26 Å². The minimum atomic E-state index is -0.148. The number of benzene rings is 1. The lowest BCUT2D eigenvalue weighted by Crippen LogP contribution is -2.24. The summed E-state index contributed by atoms with van der Waals surface area (Å²) in [5.74, 6) is -0.148. The summed E-state index contributed by atoms with van der Waals surface area (Å²) < 4.78 is 5.68. The third-order valence-electron chi connectivity index (χ3n) is 4.26. The quantitative estimate of drug-likeness (QED) is 0.853. The Morgan fingerprint density at radius 2 is 2.04 bits per heavy atom. The van der Waals surface area contributed by atoms with Crippen LogP contribution in [0.5, 0.6) is 0 Å². The van der Waals surface area contributed by atoms with Crippen LogP contribution >= 0.6 is 11.3 Å². The van der Waals surface area contributed by atoms with Gasteiger partial charge in [0, 0.05) is 17.5 Å². The Morgan fingerprint density at radius 1 is 1.28 bits per heavy atom. The molecule has 1 aromatic carbocycles. The van der Waals surface area contributed by atoms with Gasteiger partial charge in [-0.2, -0.15) is 5.26 Å². The molecule has 25 heavy (non-hydrogen) atoms. The Morgan fingerprint density at radius 3 is 2.76 bits per heavy atom. The van der Waals surface area contributed by atoms with Crippen LogP contribution in [0, 0.1) is 11.3 Å². The lowest BCUT2D eigenvalue weighted by Gasteiger charge is -2.21. The van der Waals surface area contributed by atoms with Crippen LogP contribution in [0.15, 0.2) is 30.5 Å². The Hall–Kier alpha value is -2.23. The van der Waals surface area contributed by atoms with E-state index >= 15 is 0 Å². The zero-order chi connectivity index (χ0) is 17.5. The van der Waals surface area contributed by atoms with E-state index in [0.717, 1.165) is 29.7 Å². The number of nitrogens with one attached hydrogen (secondary N) is 1. The van der Waals surface area contributed by atoms with E-state index in [4.69, 9.17) is 10.00 Å². The van der Waals surface area contributed by atoms with E-state index in [0.29, 0.717) is 10.7 Å². The van der Waals surface area contributed by atoms with Gasteiger partial charge in [-0.05, 0) is 30.5 Å². The average Bonchev–Trinajstić information content (AvgIpc) is 3.08. The predicted octanol–water partition coefficient (Wildman–Crippen LogP) is 3.89. The fraction of sp³-hybridized carbons (Fsp3) is 0.421. The Kier molecular flexibility index (Phi) is 6.15. The summed E-state index contributed by atoms with van der Waals surface area (Å²) in [7, 11) is 0. The van der Waals surface area contributed by atoms with E-state index < -0.39 is 0 Å². The molecule has 1 aliphatic carbocycles. The van der Waals surface area contributed by atoms with Crippen LogP contribution in [0.1, 0.15) is 48.1 Å². The van der Waals surface area contributed by atoms with Crippen molar-refractivity contribution in [3.8, 4) is 6.07 Å². The summed E-state index contributed by atoms with van der Waals surface area (Å²) >= 11 is 1.46. The molecule has 1 heterocycles. The summed E-state index contributed by atoms with van der Waals surface area (Å²) in [4.78, 5) is 17.3. The van der Waals surface area contributed by atoms with Crippen molar-refractivity contribution < 1.29 is 9.53 Å². The number of thiazole rings is 1. The van der Waals surface area contributed by atoms with Gasteiger partial charge in [-0.3, -0.25) is 10.1 Å². The number of carbonyl (C=O) groups excluding carboxylic acids is 1. The van der Waals surface area contributed by atoms with Crippen LogP contribution in [0.25, 0.3) is 0 Å². The second kappa shape index (κ2) is 8.75. The first-order chi connectivity index (χ1) is 12.2. The second-order valence-corrected chi connectivity index (χ2v) is 7.35. The minimum absolute atomic E-state index is 0.0925. The van der Waals surface area contributed by atoms with Gasteiger partial charge in [-0.15, -0.1) is 11.3 Å². The predicted molar refractivity (Wildman–Crippen MR) is 97.5 cm³/mol. The molecule has 0 bridgehead atoms. The minimum Gasteiger partial charge on any atom is -0.368 e. The average molecular weight is 355 g/mol. The first-order valence-electron chi connectivity index (χ1n) is 8.58. The molecule has 130 valence electrons. The van der Waals surface area contributed by atoms with Gasteiger partial charge in [0.25, 0.3) is 5.91 Å². The van der Waals surface area contributed by atoms with Crippen LogP contribution in [0.2, 0.25) is 0 Å². The van der Waals surface area contributed by atoms with E-state index in [2.05, 4.69) is 16.4 Å². The normalized spacial score (nSPS) is 14.8. The Balaban J connectivity index is 1.47. The summed E-state index contributed by atoms with van der Waals surface area (Å²) in [6.45, 7) is 0.0925. The van der Waals surface area contributed by atoms with E-state index in [1.54, 1.807) is 6.20 Å². The van der Waals surface area contributed by atoms with Crippen molar-refractivity contribution in [2.75, 3.05) is 11.9 Å². The fourth-order valence-corrected chi connectivity index (χ4v) is 3.79. The number of aromatic nitrogens is 1. The molecule has 1 N–H and O–H groups in total. The molecule has 1 amide bonds. The molecule has 3 rings (SSSR count). The van der Waals surface area contributed by atoms with E-state index in [1.165, 1.54) is 30.6 Å². The molecule has 0 spiro atoms. The fourth-order valence-electron chi connectivity index (χ4n) is 2.93. The molecule has 2 aromatic rings. The van der Waals surface area contributed by atoms with Crippen molar-refractivity contribution >= 4 is 22.4 Å². The maximum Gasteiger partial charge on any atom is 0.252 e. The highest BCUT2D eigenvalue weighted by Crippen LogP contribution is 2.22. The van der Waals surface area contributed by atoms with Gasteiger partial charge in [0.1, 0.15) is 6.61 Å². The Labute approximate surface area is 151 Å². The number of hydrogen-bond donors (Lipinski definition) is 1. The summed E-state index contributed by atoms with van der Waals surface area (Å²) in [5.41, 5.74) is 1.76. The van der Waals surface area contributed by atoms with Gasteiger partial charge in [0.2, 0.25) is 0 Å². The molecule has 6 heteroatoms. The SMILES string of the molecule is N#Cc1ccc(Cc2cnc(NC(=O)COC3CCCCC3)s2)cc1. The monoisotopic (exact) mass is 355 g/mol. The molecule has 0 unspecified atom stereocenters. The third-order valence-corrected chi connectivity index (χ3v) is 5.18. The number of nitrogens with zero attached hydrogens (tertiary/aromatic N) is 2. The van der Waals surface area contributed by atoms with Gasteiger partial charge in [0.05, 0.1) is 17.7 Å². The van der Waals surface area contributed by atoms with Gasteiger partial charge in [-0.25, -0.2) is 4.98 Å². The van der Waals surface area contributed by atoms with Crippen molar-refractivity contribution in [2.45, 2.75) is 44.6 Å². The van der Waals surface area contributed by atoms with E-state index in [1.807, 2.05) is 24.3 Å². The third kappa shape index (κ3) is 5.38. The van der Waals surface area contributed by atoms with E-state index in [9.17, 15) is 4.79 Å². The molecule has 0 saturated heterocycles. The maximum absolute atomic E-state index is 12.0. The highest BCUT2D eigenvalue weighted by atomic mass is 32.1. The second-order valence-electron chi connectivity index (χ2n) is 6.24. The largest absolute Gasteiger partial charge is 0.368 e. The Bertz CT molecular complexity index is 743. The zero-order valence-electron chi connectivity index (χ0n) is 14.0. The topological polar surface area (TPSA) is 75.0 Å². The zero-order valence-corrected chi connectivity index (χ0v) is 14.8. The van der Waals surface area contributed by atoms with Crippen LogP contribution in [-0.2, 0) is 16.0 Å². The number of ether oxygens (including phenoxy) is 1. The smallest absolute Gasteiger partial charge is 0.252 e. The van der Waals surface area contributed by atoms with Crippen LogP contribution < -0.4 is 5.32 Å². The van der Waals surface area contributed by atoms with Crippen molar-refractivity contribution in [2.24, 2.45) is 0 Å².